The number of benzene rings is 3. The van der Waals surface area contributed by atoms with Crippen LogP contribution in [-0.2, 0) is 22.7 Å². The molecule has 0 aromatic heterocycles. The topological polar surface area (TPSA) is 58.2 Å². The summed E-state index contributed by atoms with van der Waals surface area (Å²) in [5.41, 5.74) is 3.43. The molecule has 174 valence electrons. The van der Waals surface area contributed by atoms with Crippen molar-refractivity contribution in [3.05, 3.63) is 115 Å². The normalized spacial score (nSPS) is 11.2. The maximum absolute atomic E-state index is 12.1. The van der Waals surface area contributed by atoms with Crippen LogP contribution in [0, 0.1) is 0 Å². The summed E-state index contributed by atoms with van der Waals surface area (Å²) in [5, 5.41) is 7.44. The minimum Gasteiger partial charge on any atom is -0.348 e. The number of hydrogen-bond acceptors (Lipinski definition) is 2. The molecule has 0 atom stereocenters. The Labute approximate surface area is 218 Å². The zero-order valence-electron chi connectivity index (χ0n) is 17.8. The SMILES string of the molecule is O=C(/C=C/c1ccc(Cl)c(Cl)c1)NCc1ccc(CNC(=O)/C=C/c2ccc(Cl)c(Cl)c2)cc1. The van der Waals surface area contributed by atoms with E-state index in [2.05, 4.69) is 10.6 Å². The minimum absolute atomic E-state index is 0.226. The Hall–Kier alpha value is -2.76. The molecule has 0 bridgehead atoms. The second-order valence-corrected chi connectivity index (χ2v) is 8.89. The molecule has 0 saturated carbocycles. The van der Waals surface area contributed by atoms with Crippen molar-refractivity contribution < 1.29 is 9.59 Å². The molecule has 0 aliphatic heterocycles. The maximum Gasteiger partial charge on any atom is 0.244 e. The molecular weight excluding hydrogens is 514 g/mol. The van der Waals surface area contributed by atoms with Crippen LogP contribution in [0.2, 0.25) is 20.1 Å². The Kier molecular flexibility index (Phi) is 9.61. The van der Waals surface area contributed by atoms with E-state index in [1.165, 1.54) is 12.2 Å². The Morgan fingerprint density at radius 1 is 0.588 bits per heavy atom. The van der Waals surface area contributed by atoms with Crippen LogP contribution in [0.1, 0.15) is 22.3 Å². The van der Waals surface area contributed by atoms with Gasteiger partial charge in [0.1, 0.15) is 0 Å². The van der Waals surface area contributed by atoms with Crippen molar-refractivity contribution in [3.8, 4) is 0 Å². The largest absolute Gasteiger partial charge is 0.348 e. The summed E-state index contributed by atoms with van der Waals surface area (Å²) in [7, 11) is 0. The highest BCUT2D eigenvalue weighted by Gasteiger charge is 2.02. The molecule has 4 nitrogen and oxygen atoms in total. The maximum atomic E-state index is 12.1. The third-order valence-corrected chi connectivity index (χ3v) is 6.18. The highest BCUT2D eigenvalue weighted by molar-refractivity contribution is 6.42. The molecule has 2 amide bonds. The van der Waals surface area contributed by atoms with E-state index >= 15 is 0 Å². The molecule has 0 fully saturated rings. The molecule has 8 heteroatoms. The van der Waals surface area contributed by atoms with Crippen molar-refractivity contribution in [1.29, 1.82) is 0 Å². The highest BCUT2D eigenvalue weighted by atomic mass is 35.5. The predicted molar refractivity (Wildman–Crippen MR) is 141 cm³/mol. The van der Waals surface area contributed by atoms with Gasteiger partial charge in [-0.1, -0.05) is 82.8 Å². The van der Waals surface area contributed by atoms with Crippen LogP contribution in [0.5, 0.6) is 0 Å². The monoisotopic (exact) mass is 532 g/mol. The summed E-state index contributed by atoms with van der Waals surface area (Å²) in [4.78, 5) is 24.1. The van der Waals surface area contributed by atoms with E-state index in [9.17, 15) is 9.59 Å². The molecular formula is C26H20Cl4N2O2. The zero-order valence-corrected chi connectivity index (χ0v) is 20.8. The first kappa shape index (κ1) is 25.9. The quantitative estimate of drug-likeness (QED) is 0.307. The van der Waals surface area contributed by atoms with Gasteiger partial charge >= 0.3 is 0 Å². The lowest BCUT2D eigenvalue weighted by molar-refractivity contribution is -0.117. The number of rotatable bonds is 8. The van der Waals surface area contributed by atoms with E-state index < -0.39 is 0 Å². The lowest BCUT2D eigenvalue weighted by atomic mass is 10.1. The van der Waals surface area contributed by atoms with E-state index in [1.54, 1.807) is 48.6 Å². The molecule has 0 saturated heterocycles. The molecule has 0 spiro atoms. The van der Waals surface area contributed by atoms with Crippen LogP contribution in [0.25, 0.3) is 12.2 Å². The zero-order chi connectivity index (χ0) is 24.5. The van der Waals surface area contributed by atoms with Gasteiger partial charge < -0.3 is 10.6 Å². The Bertz CT molecular complexity index is 1140. The lowest BCUT2D eigenvalue weighted by Gasteiger charge is -2.06. The van der Waals surface area contributed by atoms with Gasteiger partial charge in [0.15, 0.2) is 0 Å². The number of carbonyl (C=O) groups is 2. The Morgan fingerprint density at radius 3 is 1.32 bits per heavy atom. The van der Waals surface area contributed by atoms with E-state index in [1.807, 2.05) is 24.3 Å². The van der Waals surface area contributed by atoms with Gasteiger partial charge in [0, 0.05) is 25.2 Å². The third kappa shape index (κ3) is 8.23. The van der Waals surface area contributed by atoms with E-state index in [0.29, 0.717) is 33.2 Å². The van der Waals surface area contributed by atoms with Crippen LogP contribution >= 0.6 is 46.4 Å². The van der Waals surface area contributed by atoms with E-state index in [-0.39, 0.29) is 11.8 Å². The molecule has 3 aromatic rings. The van der Waals surface area contributed by atoms with Crippen LogP contribution in [0.15, 0.2) is 72.8 Å². The molecule has 3 aromatic carbocycles. The van der Waals surface area contributed by atoms with Crippen LogP contribution < -0.4 is 10.6 Å². The third-order valence-electron chi connectivity index (χ3n) is 4.70. The van der Waals surface area contributed by atoms with Gasteiger partial charge in [-0.15, -0.1) is 0 Å². The summed E-state index contributed by atoms with van der Waals surface area (Å²) < 4.78 is 0. The summed E-state index contributed by atoms with van der Waals surface area (Å²) >= 11 is 23.7. The van der Waals surface area contributed by atoms with Crippen molar-refractivity contribution in [2.45, 2.75) is 13.1 Å². The number of hydrogen-bond donors (Lipinski definition) is 2. The van der Waals surface area contributed by atoms with E-state index in [4.69, 9.17) is 46.4 Å². The van der Waals surface area contributed by atoms with Crippen molar-refractivity contribution in [2.24, 2.45) is 0 Å². The smallest absolute Gasteiger partial charge is 0.244 e. The first-order chi connectivity index (χ1) is 16.3. The molecule has 0 heterocycles. The molecule has 2 N–H and O–H groups in total. The fourth-order valence-electron chi connectivity index (χ4n) is 2.85. The van der Waals surface area contributed by atoms with Crippen molar-refractivity contribution in [1.82, 2.24) is 10.6 Å². The number of nitrogens with one attached hydrogen (secondary N) is 2. The lowest BCUT2D eigenvalue weighted by Crippen LogP contribution is -2.21. The molecule has 34 heavy (non-hydrogen) atoms. The van der Waals surface area contributed by atoms with Crippen molar-refractivity contribution in [2.75, 3.05) is 0 Å². The molecule has 0 aliphatic carbocycles. The van der Waals surface area contributed by atoms with E-state index in [0.717, 1.165) is 22.3 Å². The van der Waals surface area contributed by atoms with Gasteiger partial charge in [0.25, 0.3) is 0 Å². The van der Waals surface area contributed by atoms with Crippen molar-refractivity contribution in [3.63, 3.8) is 0 Å². The van der Waals surface area contributed by atoms with Gasteiger partial charge in [0.2, 0.25) is 11.8 Å². The highest BCUT2D eigenvalue weighted by Crippen LogP contribution is 2.24. The van der Waals surface area contributed by atoms with Crippen LogP contribution in [0.3, 0.4) is 0 Å². The fourth-order valence-corrected chi connectivity index (χ4v) is 3.46. The summed E-state index contributed by atoms with van der Waals surface area (Å²) in [6.45, 7) is 0.757. The Balaban J connectivity index is 1.43. The average molecular weight is 534 g/mol. The van der Waals surface area contributed by atoms with Crippen LogP contribution in [-0.4, -0.2) is 11.8 Å². The second kappa shape index (κ2) is 12.6. The summed E-state index contributed by atoms with van der Waals surface area (Å²) in [5.74, 6) is -0.452. The van der Waals surface area contributed by atoms with Crippen molar-refractivity contribution >= 4 is 70.4 Å². The summed E-state index contributed by atoms with van der Waals surface area (Å²) in [6, 6.07) is 17.9. The predicted octanol–water partition coefficient (Wildman–Crippen LogP) is 6.96. The van der Waals surface area contributed by atoms with Gasteiger partial charge in [-0.3, -0.25) is 9.59 Å². The first-order valence-electron chi connectivity index (χ1n) is 10.2. The molecule has 0 aliphatic rings. The van der Waals surface area contributed by atoms with Gasteiger partial charge in [-0.25, -0.2) is 0 Å². The van der Waals surface area contributed by atoms with Gasteiger partial charge in [-0.2, -0.15) is 0 Å². The first-order valence-corrected chi connectivity index (χ1v) is 11.7. The molecule has 3 rings (SSSR count). The summed E-state index contributed by atoms with van der Waals surface area (Å²) in [6.07, 6.45) is 6.21. The van der Waals surface area contributed by atoms with Gasteiger partial charge in [-0.05, 0) is 58.7 Å². The van der Waals surface area contributed by atoms with Crippen LogP contribution in [0.4, 0.5) is 0 Å². The minimum atomic E-state index is -0.226. The number of halogens is 4. The average Bonchev–Trinajstić information content (AvgIpc) is 2.83. The van der Waals surface area contributed by atoms with Gasteiger partial charge in [0.05, 0.1) is 20.1 Å². The number of amides is 2. The number of carbonyl (C=O) groups excluding carboxylic acids is 2. The standard InChI is InChI=1S/C26H20Cl4N2O2/c27-21-9-5-17(13-23(21)29)7-11-25(33)31-15-19-1-2-20(4-3-19)16-32-26(34)12-8-18-6-10-22(28)24(30)14-18/h1-14H,15-16H2,(H,31,33)(H,32,34)/b11-7+,12-8+. The fraction of sp³-hybridized carbons (Fsp3) is 0.0769. The molecule has 0 unspecified atom stereocenters. The Morgan fingerprint density at radius 2 is 0.971 bits per heavy atom. The molecule has 0 radical (unpaired) electrons. The second-order valence-electron chi connectivity index (χ2n) is 7.27.